The maximum absolute atomic E-state index is 9.05. The van der Waals surface area contributed by atoms with Gasteiger partial charge in [0.15, 0.2) is 0 Å². The molecule has 3 nitrogen and oxygen atoms in total. The van der Waals surface area contributed by atoms with Gasteiger partial charge in [0.25, 0.3) is 0 Å². The average molecular weight is 156 g/mol. The Kier molecular flexibility index (Phi) is 2.44. The van der Waals surface area contributed by atoms with E-state index in [0.717, 1.165) is 0 Å². The van der Waals surface area contributed by atoms with Gasteiger partial charge in [-0.25, -0.2) is 0 Å². The van der Waals surface area contributed by atoms with Crippen LogP contribution in [0.5, 0.6) is 0 Å². The highest BCUT2D eigenvalue weighted by Gasteiger charge is 2.24. The first-order valence-corrected chi connectivity index (χ1v) is 3.39. The Morgan fingerprint density at radius 2 is 1.64 bits per heavy atom. The molecule has 1 aliphatic rings. The molecule has 0 aromatic carbocycles. The van der Waals surface area contributed by atoms with Crippen molar-refractivity contribution in [2.75, 3.05) is 14.2 Å². The standard InChI is InChI=1S/C8H12O3/c1-10-8(11-2)5-3-7(9)4-6-8/h3-7,9H,1-2H3. The maximum Gasteiger partial charge on any atom is 0.207 e. The first kappa shape index (κ1) is 8.46. The monoisotopic (exact) mass is 156 g/mol. The van der Waals surface area contributed by atoms with Crippen LogP contribution in [0.25, 0.3) is 0 Å². The van der Waals surface area contributed by atoms with E-state index in [2.05, 4.69) is 0 Å². The van der Waals surface area contributed by atoms with E-state index in [1.165, 1.54) is 0 Å². The Balaban J connectivity index is 2.73. The second-order valence-corrected chi connectivity index (χ2v) is 2.34. The number of hydrogen-bond donors (Lipinski definition) is 1. The lowest BCUT2D eigenvalue weighted by atomic mass is 10.1. The van der Waals surface area contributed by atoms with Crippen LogP contribution >= 0.6 is 0 Å². The summed E-state index contributed by atoms with van der Waals surface area (Å²) in [6.45, 7) is 0. The van der Waals surface area contributed by atoms with Gasteiger partial charge in [-0.15, -0.1) is 0 Å². The van der Waals surface area contributed by atoms with Gasteiger partial charge in [0.2, 0.25) is 5.79 Å². The predicted octanol–water partition coefficient (Wildman–Crippen LogP) is 0.462. The van der Waals surface area contributed by atoms with Gasteiger partial charge in [0.1, 0.15) is 0 Å². The van der Waals surface area contributed by atoms with Crippen LogP contribution in [0.15, 0.2) is 24.3 Å². The van der Waals surface area contributed by atoms with Crippen molar-refractivity contribution >= 4 is 0 Å². The molecule has 0 bridgehead atoms. The Morgan fingerprint density at radius 1 is 1.18 bits per heavy atom. The molecule has 3 heteroatoms. The molecule has 0 aromatic heterocycles. The van der Waals surface area contributed by atoms with Crippen molar-refractivity contribution < 1.29 is 14.6 Å². The minimum Gasteiger partial charge on any atom is -0.385 e. The number of aliphatic hydroxyl groups is 1. The average Bonchev–Trinajstić information content (AvgIpc) is 2.07. The number of ether oxygens (including phenoxy) is 2. The van der Waals surface area contributed by atoms with Crippen LogP contribution in [0.2, 0.25) is 0 Å². The van der Waals surface area contributed by atoms with Gasteiger partial charge in [-0.1, -0.05) is 12.2 Å². The molecular formula is C8H12O3. The van der Waals surface area contributed by atoms with E-state index < -0.39 is 11.9 Å². The van der Waals surface area contributed by atoms with Crippen LogP contribution in [0.1, 0.15) is 0 Å². The summed E-state index contributed by atoms with van der Waals surface area (Å²) in [5.41, 5.74) is 0. The third-order valence-electron chi connectivity index (χ3n) is 1.69. The molecule has 0 spiro atoms. The fourth-order valence-corrected chi connectivity index (χ4v) is 0.941. The molecule has 11 heavy (non-hydrogen) atoms. The summed E-state index contributed by atoms with van der Waals surface area (Å²) >= 11 is 0. The van der Waals surface area contributed by atoms with Gasteiger partial charge >= 0.3 is 0 Å². The van der Waals surface area contributed by atoms with E-state index in [9.17, 15) is 0 Å². The number of rotatable bonds is 2. The summed E-state index contributed by atoms with van der Waals surface area (Å²) < 4.78 is 10.1. The zero-order chi connectivity index (χ0) is 8.32. The van der Waals surface area contributed by atoms with Crippen LogP contribution in [0.3, 0.4) is 0 Å². The molecular weight excluding hydrogens is 144 g/mol. The van der Waals surface area contributed by atoms with Crippen LogP contribution in [0, 0.1) is 0 Å². The molecule has 0 amide bonds. The van der Waals surface area contributed by atoms with Crippen molar-refractivity contribution in [3.05, 3.63) is 24.3 Å². The van der Waals surface area contributed by atoms with Gasteiger partial charge in [-0.3, -0.25) is 0 Å². The van der Waals surface area contributed by atoms with Crippen LogP contribution < -0.4 is 0 Å². The lowest BCUT2D eigenvalue weighted by Gasteiger charge is -2.26. The van der Waals surface area contributed by atoms with E-state index in [-0.39, 0.29) is 0 Å². The first-order valence-electron chi connectivity index (χ1n) is 3.39. The predicted molar refractivity (Wildman–Crippen MR) is 41.0 cm³/mol. The van der Waals surface area contributed by atoms with Crippen molar-refractivity contribution in [2.45, 2.75) is 11.9 Å². The van der Waals surface area contributed by atoms with Gasteiger partial charge in [-0.2, -0.15) is 0 Å². The topological polar surface area (TPSA) is 38.7 Å². The second-order valence-electron chi connectivity index (χ2n) is 2.34. The summed E-state index contributed by atoms with van der Waals surface area (Å²) in [5.74, 6) is -0.779. The molecule has 0 aliphatic heterocycles. The van der Waals surface area contributed by atoms with Crippen molar-refractivity contribution in [3.63, 3.8) is 0 Å². The molecule has 0 heterocycles. The van der Waals surface area contributed by atoms with E-state index >= 15 is 0 Å². The Labute approximate surface area is 65.9 Å². The number of hydrogen-bond acceptors (Lipinski definition) is 3. The minimum atomic E-state index is -0.779. The van der Waals surface area contributed by atoms with Crippen LogP contribution in [-0.4, -0.2) is 31.2 Å². The molecule has 62 valence electrons. The maximum atomic E-state index is 9.05. The summed E-state index contributed by atoms with van der Waals surface area (Å²) in [5, 5.41) is 9.05. The molecule has 1 N–H and O–H groups in total. The Bertz CT molecular complexity index is 164. The Hall–Kier alpha value is -0.640. The summed E-state index contributed by atoms with van der Waals surface area (Å²) in [4.78, 5) is 0. The Morgan fingerprint density at radius 3 is 2.00 bits per heavy atom. The highest BCUT2D eigenvalue weighted by molar-refractivity contribution is 5.20. The molecule has 0 fully saturated rings. The minimum absolute atomic E-state index is 0.520. The van der Waals surface area contributed by atoms with Crippen molar-refractivity contribution in [1.82, 2.24) is 0 Å². The SMILES string of the molecule is COC1(OC)C=CC(O)C=C1. The quantitative estimate of drug-likeness (QED) is 0.466. The summed E-state index contributed by atoms with van der Waals surface area (Å²) in [6, 6.07) is 0. The van der Waals surface area contributed by atoms with E-state index in [4.69, 9.17) is 14.6 Å². The van der Waals surface area contributed by atoms with Gasteiger partial charge in [0, 0.05) is 14.2 Å². The fourth-order valence-electron chi connectivity index (χ4n) is 0.941. The van der Waals surface area contributed by atoms with Crippen molar-refractivity contribution in [1.29, 1.82) is 0 Å². The molecule has 0 saturated heterocycles. The lowest BCUT2D eigenvalue weighted by Crippen LogP contribution is -2.31. The van der Waals surface area contributed by atoms with Gasteiger partial charge < -0.3 is 14.6 Å². The molecule has 1 rings (SSSR count). The highest BCUT2D eigenvalue weighted by atomic mass is 16.7. The molecule has 1 aliphatic carbocycles. The molecule has 0 aromatic rings. The normalized spacial score (nSPS) is 22.5. The largest absolute Gasteiger partial charge is 0.385 e. The lowest BCUT2D eigenvalue weighted by molar-refractivity contribution is -0.135. The third-order valence-corrected chi connectivity index (χ3v) is 1.69. The molecule has 0 atom stereocenters. The second kappa shape index (κ2) is 3.17. The van der Waals surface area contributed by atoms with Gasteiger partial charge in [0.05, 0.1) is 6.10 Å². The third kappa shape index (κ3) is 1.68. The summed E-state index contributed by atoms with van der Waals surface area (Å²) in [7, 11) is 3.10. The van der Waals surface area contributed by atoms with Crippen LogP contribution in [0.4, 0.5) is 0 Å². The van der Waals surface area contributed by atoms with Crippen molar-refractivity contribution in [2.24, 2.45) is 0 Å². The highest BCUT2D eigenvalue weighted by Crippen LogP contribution is 2.19. The van der Waals surface area contributed by atoms with E-state index in [0.29, 0.717) is 0 Å². The van der Waals surface area contributed by atoms with E-state index in [1.807, 2.05) is 0 Å². The van der Waals surface area contributed by atoms with Crippen molar-refractivity contribution in [3.8, 4) is 0 Å². The number of methoxy groups -OCH3 is 2. The zero-order valence-corrected chi connectivity index (χ0v) is 6.65. The fraction of sp³-hybridized carbons (Fsp3) is 0.500. The van der Waals surface area contributed by atoms with E-state index in [1.54, 1.807) is 38.5 Å². The molecule has 0 unspecified atom stereocenters. The molecule has 0 radical (unpaired) electrons. The van der Waals surface area contributed by atoms with Gasteiger partial charge in [-0.05, 0) is 12.2 Å². The zero-order valence-electron chi connectivity index (χ0n) is 6.65. The van der Waals surface area contributed by atoms with Crippen LogP contribution in [-0.2, 0) is 9.47 Å². The molecule has 0 saturated carbocycles. The smallest absolute Gasteiger partial charge is 0.207 e. The number of aliphatic hydroxyl groups excluding tert-OH is 1. The summed E-state index contributed by atoms with van der Waals surface area (Å²) in [6.07, 6.45) is 6.07. The first-order chi connectivity index (χ1) is 5.22.